The Labute approximate surface area is 116 Å². The molecule has 0 atom stereocenters. The lowest BCUT2D eigenvalue weighted by atomic mass is 9.99. The van der Waals surface area contributed by atoms with Crippen LogP contribution >= 0.6 is 0 Å². The van der Waals surface area contributed by atoms with Gasteiger partial charge in [0.15, 0.2) is 0 Å². The molecule has 104 valence electrons. The smallest absolute Gasteiger partial charge is 0.320 e. The zero-order valence-corrected chi connectivity index (χ0v) is 12.2. The molecule has 1 aromatic carbocycles. The van der Waals surface area contributed by atoms with Crippen molar-refractivity contribution in [3.8, 4) is 0 Å². The minimum atomic E-state index is 0.162. The van der Waals surface area contributed by atoms with Crippen LogP contribution in [-0.2, 0) is 6.54 Å². The quantitative estimate of drug-likeness (QED) is 0.800. The van der Waals surface area contributed by atoms with Crippen LogP contribution in [0.15, 0.2) is 24.3 Å². The van der Waals surface area contributed by atoms with Crippen LogP contribution in [0.3, 0.4) is 0 Å². The number of likely N-dealkylation sites (tertiary alicyclic amines) is 1. The van der Waals surface area contributed by atoms with Crippen molar-refractivity contribution < 1.29 is 4.79 Å². The highest BCUT2D eigenvalue weighted by molar-refractivity contribution is 5.74. The van der Waals surface area contributed by atoms with Gasteiger partial charge < -0.3 is 9.80 Å². The van der Waals surface area contributed by atoms with Crippen LogP contribution in [0.2, 0.25) is 0 Å². The number of carbonyl (C=O) groups is 1. The van der Waals surface area contributed by atoms with Gasteiger partial charge in [0.2, 0.25) is 0 Å². The summed E-state index contributed by atoms with van der Waals surface area (Å²) in [6.45, 7) is 6.85. The predicted octanol–water partition coefficient (Wildman–Crippen LogP) is 3.28. The molecule has 1 aliphatic heterocycles. The number of amides is 2. The summed E-state index contributed by atoms with van der Waals surface area (Å²) in [5.74, 6) is 0.755. The van der Waals surface area contributed by atoms with Crippen LogP contribution in [0.25, 0.3) is 0 Å². The highest BCUT2D eigenvalue weighted by Gasteiger charge is 2.22. The van der Waals surface area contributed by atoms with Crippen LogP contribution in [0.5, 0.6) is 0 Å². The summed E-state index contributed by atoms with van der Waals surface area (Å²) in [5.41, 5.74) is 2.47. The average Bonchev–Trinajstić information content (AvgIpc) is 2.41. The fourth-order valence-corrected chi connectivity index (χ4v) is 2.55. The maximum Gasteiger partial charge on any atom is 0.320 e. The number of urea groups is 1. The molecule has 0 unspecified atom stereocenters. The molecule has 0 N–H and O–H groups in total. The van der Waals surface area contributed by atoms with Gasteiger partial charge in [-0.15, -0.1) is 0 Å². The predicted molar refractivity (Wildman–Crippen MR) is 78.0 cm³/mol. The van der Waals surface area contributed by atoms with Crippen molar-refractivity contribution in [1.82, 2.24) is 9.80 Å². The third-order valence-corrected chi connectivity index (χ3v) is 4.05. The molecule has 0 radical (unpaired) electrons. The van der Waals surface area contributed by atoms with Gasteiger partial charge >= 0.3 is 6.03 Å². The van der Waals surface area contributed by atoms with Gasteiger partial charge in [0, 0.05) is 26.7 Å². The molecule has 19 heavy (non-hydrogen) atoms. The number of aryl methyl sites for hydroxylation is 1. The molecule has 0 bridgehead atoms. The van der Waals surface area contributed by atoms with Gasteiger partial charge in [-0.2, -0.15) is 0 Å². The summed E-state index contributed by atoms with van der Waals surface area (Å²) in [5, 5.41) is 0. The standard InChI is InChI=1S/C16H24N2O/c1-13-8-10-18(11-9-13)16(19)17(3)12-15-7-5-4-6-14(15)2/h4-7,13H,8-12H2,1-3H3. The number of rotatable bonds is 2. The number of hydrogen-bond donors (Lipinski definition) is 0. The monoisotopic (exact) mass is 260 g/mol. The second-order valence-electron chi connectivity index (χ2n) is 5.73. The number of benzene rings is 1. The van der Waals surface area contributed by atoms with Crippen molar-refractivity contribution in [1.29, 1.82) is 0 Å². The minimum Gasteiger partial charge on any atom is -0.325 e. The molecule has 0 spiro atoms. The molecule has 0 saturated carbocycles. The Kier molecular flexibility index (Phi) is 4.46. The summed E-state index contributed by atoms with van der Waals surface area (Å²) in [6, 6.07) is 8.42. The summed E-state index contributed by atoms with van der Waals surface area (Å²) in [7, 11) is 1.90. The first-order valence-electron chi connectivity index (χ1n) is 7.12. The lowest BCUT2D eigenvalue weighted by Gasteiger charge is -2.33. The minimum absolute atomic E-state index is 0.162. The highest BCUT2D eigenvalue weighted by atomic mass is 16.2. The van der Waals surface area contributed by atoms with Crippen molar-refractivity contribution in [3.05, 3.63) is 35.4 Å². The third-order valence-electron chi connectivity index (χ3n) is 4.05. The maximum absolute atomic E-state index is 12.4. The maximum atomic E-state index is 12.4. The molecule has 1 fully saturated rings. The third kappa shape index (κ3) is 3.49. The second kappa shape index (κ2) is 6.09. The van der Waals surface area contributed by atoms with E-state index in [1.807, 2.05) is 29.0 Å². The van der Waals surface area contributed by atoms with Crippen LogP contribution in [-0.4, -0.2) is 36.0 Å². The van der Waals surface area contributed by atoms with Crippen LogP contribution in [0.4, 0.5) is 4.79 Å². The molecule has 1 aliphatic rings. The van der Waals surface area contributed by atoms with Gasteiger partial charge in [0.25, 0.3) is 0 Å². The Morgan fingerprint density at radius 1 is 1.32 bits per heavy atom. The molecule has 0 aromatic heterocycles. The molecule has 1 saturated heterocycles. The van der Waals surface area contributed by atoms with E-state index in [4.69, 9.17) is 0 Å². The van der Waals surface area contributed by atoms with Crippen molar-refractivity contribution in [2.75, 3.05) is 20.1 Å². The molecular formula is C16H24N2O. The molecule has 2 amide bonds. The average molecular weight is 260 g/mol. The van der Waals surface area contributed by atoms with Gasteiger partial charge in [-0.25, -0.2) is 4.79 Å². The van der Waals surface area contributed by atoms with E-state index in [1.165, 1.54) is 11.1 Å². The zero-order chi connectivity index (χ0) is 13.8. The highest BCUT2D eigenvalue weighted by Crippen LogP contribution is 2.18. The Bertz CT molecular complexity index is 436. The molecule has 2 rings (SSSR count). The zero-order valence-electron chi connectivity index (χ0n) is 12.2. The van der Waals surface area contributed by atoms with Gasteiger partial charge in [-0.3, -0.25) is 0 Å². The van der Waals surface area contributed by atoms with Crippen molar-refractivity contribution >= 4 is 6.03 Å². The lowest BCUT2D eigenvalue weighted by Crippen LogP contribution is -2.44. The van der Waals surface area contributed by atoms with E-state index in [1.54, 1.807) is 0 Å². The fourth-order valence-electron chi connectivity index (χ4n) is 2.55. The summed E-state index contributed by atoms with van der Waals surface area (Å²) in [4.78, 5) is 16.2. The van der Waals surface area contributed by atoms with E-state index >= 15 is 0 Å². The first-order valence-corrected chi connectivity index (χ1v) is 7.12. The number of nitrogens with zero attached hydrogens (tertiary/aromatic N) is 2. The van der Waals surface area contributed by atoms with Gasteiger partial charge in [0.05, 0.1) is 0 Å². The molecule has 1 heterocycles. The summed E-state index contributed by atoms with van der Waals surface area (Å²) in [6.07, 6.45) is 2.26. The molecule has 0 aliphatic carbocycles. The van der Waals surface area contributed by atoms with Crippen LogP contribution < -0.4 is 0 Å². The molecular weight excluding hydrogens is 236 g/mol. The van der Waals surface area contributed by atoms with E-state index in [-0.39, 0.29) is 6.03 Å². The van der Waals surface area contributed by atoms with Crippen molar-refractivity contribution in [3.63, 3.8) is 0 Å². The van der Waals surface area contributed by atoms with Crippen molar-refractivity contribution in [2.45, 2.75) is 33.2 Å². The Hall–Kier alpha value is -1.51. The molecule has 3 heteroatoms. The number of hydrogen-bond acceptors (Lipinski definition) is 1. The van der Waals surface area contributed by atoms with Gasteiger partial charge in [-0.1, -0.05) is 31.2 Å². The first kappa shape index (κ1) is 13.9. The molecule has 3 nitrogen and oxygen atoms in total. The van der Waals surface area contributed by atoms with E-state index in [0.717, 1.165) is 31.8 Å². The lowest BCUT2D eigenvalue weighted by molar-refractivity contribution is 0.141. The van der Waals surface area contributed by atoms with E-state index in [0.29, 0.717) is 6.54 Å². The summed E-state index contributed by atoms with van der Waals surface area (Å²) < 4.78 is 0. The van der Waals surface area contributed by atoms with Crippen LogP contribution in [0, 0.1) is 12.8 Å². The van der Waals surface area contributed by atoms with Crippen molar-refractivity contribution in [2.24, 2.45) is 5.92 Å². The van der Waals surface area contributed by atoms with E-state index in [2.05, 4.69) is 26.0 Å². The number of carbonyl (C=O) groups excluding carboxylic acids is 1. The van der Waals surface area contributed by atoms with Gasteiger partial charge in [0.1, 0.15) is 0 Å². The molecule has 1 aromatic rings. The normalized spacial score (nSPS) is 16.5. The van der Waals surface area contributed by atoms with Crippen LogP contribution in [0.1, 0.15) is 30.9 Å². The Balaban J connectivity index is 1.94. The Morgan fingerprint density at radius 2 is 1.95 bits per heavy atom. The SMILES string of the molecule is Cc1ccccc1CN(C)C(=O)N1CCC(C)CC1. The Morgan fingerprint density at radius 3 is 2.58 bits per heavy atom. The summed E-state index contributed by atoms with van der Waals surface area (Å²) >= 11 is 0. The van der Waals surface area contributed by atoms with Gasteiger partial charge in [-0.05, 0) is 36.8 Å². The largest absolute Gasteiger partial charge is 0.325 e. The number of piperidine rings is 1. The van der Waals surface area contributed by atoms with E-state index < -0.39 is 0 Å². The van der Waals surface area contributed by atoms with E-state index in [9.17, 15) is 4.79 Å². The fraction of sp³-hybridized carbons (Fsp3) is 0.562. The first-order chi connectivity index (χ1) is 9.08. The second-order valence-corrected chi connectivity index (χ2v) is 5.73. The topological polar surface area (TPSA) is 23.6 Å².